The van der Waals surface area contributed by atoms with Gasteiger partial charge in [-0.25, -0.2) is 18.0 Å². The number of benzene rings is 4. The number of methoxy groups -OCH3 is 2. The summed E-state index contributed by atoms with van der Waals surface area (Å²) < 4.78 is 39.4. The Hall–Kier alpha value is -5.02. The Morgan fingerprint density at radius 1 is 0.786 bits per heavy atom. The van der Waals surface area contributed by atoms with E-state index in [2.05, 4.69) is 0 Å². The lowest BCUT2D eigenvalue weighted by atomic mass is 9.91. The Labute approximate surface area is 242 Å². The van der Waals surface area contributed by atoms with Crippen LogP contribution >= 0.6 is 0 Å². The van der Waals surface area contributed by atoms with Gasteiger partial charge in [-0.1, -0.05) is 78.4 Å². The van der Waals surface area contributed by atoms with Crippen molar-refractivity contribution in [3.63, 3.8) is 0 Å². The Morgan fingerprint density at radius 3 is 1.98 bits per heavy atom. The largest absolute Gasteiger partial charge is 0.465 e. The van der Waals surface area contributed by atoms with E-state index in [0.29, 0.717) is 5.56 Å². The summed E-state index contributed by atoms with van der Waals surface area (Å²) in [5, 5.41) is 0.274. The van der Waals surface area contributed by atoms with Gasteiger partial charge in [0.15, 0.2) is 0 Å². The van der Waals surface area contributed by atoms with Gasteiger partial charge in [0.1, 0.15) is 4.90 Å². The van der Waals surface area contributed by atoms with Gasteiger partial charge in [0.2, 0.25) is 9.84 Å². The van der Waals surface area contributed by atoms with Gasteiger partial charge in [0.05, 0.1) is 42.3 Å². The number of sulfone groups is 1. The molecule has 212 valence electrons. The number of rotatable bonds is 7. The molecular weight excluding hydrogens is 554 g/mol. The fourth-order valence-corrected chi connectivity index (χ4v) is 6.30. The number of carbonyl (C=O) groups is 2. The van der Waals surface area contributed by atoms with Gasteiger partial charge in [0.25, 0.3) is 5.56 Å². The Kier molecular flexibility index (Phi) is 7.78. The molecule has 8 nitrogen and oxygen atoms in total. The maximum Gasteiger partial charge on any atom is 0.339 e. The van der Waals surface area contributed by atoms with Crippen LogP contribution in [0.25, 0.3) is 22.0 Å². The Morgan fingerprint density at radius 2 is 1.38 bits per heavy atom. The summed E-state index contributed by atoms with van der Waals surface area (Å²) in [6, 6.07) is 26.7. The molecule has 0 aliphatic carbocycles. The van der Waals surface area contributed by atoms with E-state index < -0.39 is 32.2 Å². The molecule has 0 bridgehead atoms. The molecule has 0 atom stereocenters. The number of fused-ring (bicyclic) bond motifs is 1. The molecule has 0 N–H and O–H groups in total. The number of ether oxygens (including phenoxy) is 2. The van der Waals surface area contributed by atoms with E-state index in [1.807, 2.05) is 25.1 Å². The van der Waals surface area contributed by atoms with Crippen molar-refractivity contribution in [2.45, 2.75) is 23.3 Å². The van der Waals surface area contributed by atoms with Crippen LogP contribution in [0.4, 0.5) is 0 Å². The minimum atomic E-state index is -4.30. The van der Waals surface area contributed by atoms with E-state index in [-0.39, 0.29) is 39.0 Å². The molecule has 5 rings (SSSR count). The number of aryl methyl sites for hydroxylation is 1. The molecule has 0 unspecified atom stereocenters. The summed E-state index contributed by atoms with van der Waals surface area (Å²) in [4.78, 5) is 39.9. The van der Waals surface area contributed by atoms with Crippen molar-refractivity contribution in [3.8, 4) is 11.1 Å². The fraction of sp³-hybridized carbons (Fsp3) is 0.121. The van der Waals surface area contributed by atoms with Crippen LogP contribution in [0.15, 0.2) is 112 Å². The second-order valence-electron chi connectivity index (χ2n) is 9.66. The van der Waals surface area contributed by atoms with Crippen LogP contribution in [0.3, 0.4) is 0 Å². The number of hydrogen-bond donors (Lipinski definition) is 0. The fourth-order valence-electron chi connectivity index (χ4n) is 4.94. The molecule has 0 aliphatic rings. The first-order valence-electron chi connectivity index (χ1n) is 13.0. The highest BCUT2D eigenvalue weighted by atomic mass is 32.2. The van der Waals surface area contributed by atoms with Gasteiger partial charge in [-0.2, -0.15) is 0 Å². The summed E-state index contributed by atoms with van der Waals surface area (Å²) in [5.41, 5.74) is 1.59. The third kappa shape index (κ3) is 5.10. The Balaban J connectivity index is 2.00. The molecule has 0 aliphatic heterocycles. The zero-order valence-electron chi connectivity index (χ0n) is 23.2. The standard InChI is InChI=1S/C33H27NO7S/c1-21-14-16-24(17-15-21)42(38,39)28-19-25-27(34(31(28)35)20-22-10-6-4-7-11-22)18-26(32(36)40-2)30(33(37)41-3)29(25)23-12-8-5-9-13-23/h4-19H,20H2,1-3H3. The minimum Gasteiger partial charge on any atom is -0.465 e. The predicted molar refractivity (Wildman–Crippen MR) is 158 cm³/mol. The lowest BCUT2D eigenvalue weighted by Gasteiger charge is -2.20. The molecule has 5 aromatic rings. The van der Waals surface area contributed by atoms with Crippen molar-refractivity contribution in [3.05, 3.63) is 130 Å². The van der Waals surface area contributed by atoms with E-state index >= 15 is 0 Å². The third-order valence-electron chi connectivity index (χ3n) is 7.03. The van der Waals surface area contributed by atoms with Gasteiger partial charge < -0.3 is 14.0 Å². The smallest absolute Gasteiger partial charge is 0.339 e. The zero-order valence-corrected chi connectivity index (χ0v) is 24.0. The molecule has 0 spiro atoms. The number of aromatic nitrogens is 1. The van der Waals surface area contributed by atoms with Crippen molar-refractivity contribution in [2.24, 2.45) is 0 Å². The summed E-state index contributed by atoms with van der Waals surface area (Å²) in [6.07, 6.45) is 0. The normalized spacial score (nSPS) is 11.3. The van der Waals surface area contributed by atoms with Gasteiger partial charge in [0, 0.05) is 10.9 Å². The lowest BCUT2D eigenvalue weighted by Crippen LogP contribution is -2.28. The van der Waals surface area contributed by atoms with E-state index in [1.165, 1.54) is 43.1 Å². The van der Waals surface area contributed by atoms with Crippen molar-refractivity contribution in [1.29, 1.82) is 0 Å². The zero-order chi connectivity index (χ0) is 30.0. The highest BCUT2D eigenvalue weighted by Crippen LogP contribution is 2.37. The molecule has 42 heavy (non-hydrogen) atoms. The first kappa shape index (κ1) is 28.5. The molecule has 4 aromatic carbocycles. The average molecular weight is 582 g/mol. The topological polar surface area (TPSA) is 109 Å². The molecule has 0 fully saturated rings. The summed E-state index contributed by atoms with van der Waals surface area (Å²) in [6.45, 7) is 1.83. The molecule has 9 heteroatoms. The highest BCUT2D eigenvalue weighted by molar-refractivity contribution is 7.91. The predicted octanol–water partition coefficient (Wildman–Crippen LogP) is 5.43. The van der Waals surface area contributed by atoms with Crippen LogP contribution in [0.5, 0.6) is 0 Å². The number of hydrogen-bond acceptors (Lipinski definition) is 7. The quantitative estimate of drug-likeness (QED) is 0.236. The monoisotopic (exact) mass is 581 g/mol. The van der Waals surface area contributed by atoms with Crippen LogP contribution in [-0.2, 0) is 25.9 Å². The first-order valence-corrected chi connectivity index (χ1v) is 14.5. The molecule has 0 amide bonds. The molecule has 1 aromatic heterocycles. The molecular formula is C33H27NO7S. The van der Waals surface area contributed by atoms with E-state index in [4.69, 9.17) is 9.47 Å². The lowest BCUT2D eigenvalue weighted by molar-refractivity contribution is 0.0556. The highest BCUT2D eigenvalue weighted by Gasteiger charge is 2.30. The average Bonchev–Trinajstić information content (AvgIpc) is 3.01. The Bertz CT molecular complexity index is 1980. The van der Waals surface area contributed by atoms with Gasteiger partial charge in [-0.05, 0) is 42.3 Å². The van der Waals surface area contributed by atoms with Crippen molar-refractivity contribution in [1.82, 2.24) is 4.57 Å². The number of pyridine rings is 1. The third-order valence-corrected chi connectivity index (χ3v) is 8.79. The summed E-state index contributed by atoms with van der Waals surface area (Å²) in [5.74, 6) is -1.63. The van der Waals surface area contributed by atoms with Gasteiger partial charge in [-0.3, -0.25) is 4.79 Å². The maximum absolute atomic E-state index is 14.1. The van der Waals surface area contributed by atoms with Gasteiger partial charge in [-0.15, -0.1) is 0 Å². The second kappa shape index (κ2) is 11.5. The first-order chi connectivity index (χ1) is 20.2. The van der Waals surface area contributed by atoms with E-state index in [0.717, 1.165) is 11.1 Å². The van der Waals surface area contributed by atoms with E-state index in [9.17, 15) is 22.8 Å². The van der Waals surface area contributed by atoms with Crippen molar-refractivity contribution in [2.75, 3.05) is 14.2 Å². The summed E-state index contributed by atoms with van der Waals surface area (Å²) >= 11 is 0. The van der Waals surface area contributed by atoms with Gasteiger partial charge >= 0.3 is 11.9 Å². The van der Waals surface area contributed by atoms with Crippen LogP contribution in [0.2, 0.25) is 0 Å². The van der Waals surface area contributed by atoms with Crippen LogP contribution in [0.1, 0.15) is 31.8 Å². The summed E-state index contributed by atoms with van der Waals surface area (Å²) in [7, 11) is -1.93. The van der Waals surface area contributed by atoms with E-state index in [1.54, 1.807) is 54.6 Å². The SMILES string of the molecule is COC(=O)c1cc2c(cc(S(=O)(=O)c3ccc(C)cc3)c(=O)n2Cc2ccccc2)c(-c2ccccc2)c1C(=O)OC. The molecule has 0 saturated heterocycles. The number of esters is 2. The van der Waals surface area contributed by atoms with Crippen LogP contribution in [0, 0.1) is 6.92 Å². The number of carbonyl (C=O) groups excluding carboxylic acids is 2. The maximum atomic E-state index is 14.1. The molecule has 0 saturated carbocycles. The number of nitrogens with zero attached hydrogens (tertiary/aromatic N) is 1. The van der Waals surface area contributed by atoms with Crippen LogP contribution < -0.4 is 5.56 Å². The van der Waals surface area contributed by atoms with Crippen molar-refractivity contribution < 1.29 is 27.5 Å². The molecule has 0 radical (unpaired) electrons. The minimum absolute atomic E-state index is 0.000154. The second-order valence-corrected chi connectivity index (χ2v) is 11.6. The molecule has 1 heterocycles. The van der Waals surface area contributed by atoms with Crippen LogP contribution in [-0.4, -0.2) is 39.1 Å². The van der Waals surface area contributed by atoms with Crippen molar-refractivity contribution >= 4 is 32.7 Å².